The molecule has 0 radical (unpaired) electrons. The number of urea groups is 1. The molecule has 0 aliphatic carbocycles. The van der Waals surface area contributed by atoms with E-state index in [9.17, 15) is 4.79 Å². The van der Waals surface area contributed by atoms with Gasteiger partial charge in [-0.25, -0.2) is 4.79 Å². The van der Waals surface area contributed by atoms with E-state index < -0.39 is 0 Å². The third-order valence-electron chi connectivity index (χ3n) is 5.33. The van der Waals surface area contributed by atoms with Gasteiger partial charge in [0.05, 0.1) is 0 Å². The first kappa shape index (κ1) is 17.6. The van der Waals surface area contributed by atoms with Crippen LogP contribution in [0.5, 0.6) is 0 Å². The summed E-state index contributed by atoms with van der Waals surface area (Å²) < 4.78 is 0. The second-order valence-corrected chi connectivity index (χ2v) is 7.23. The molecule has 140 valence electrons. The van der Waals surface area contributed by atoms with Crippen LogP contribution in [0.3, 0.4) is 0 Å². The molecule has 3 aromatic rings. The molecule has 2 amide bonds. The summed E-state index contributed by atoms with van der Waals surface area (Å²) in [6, 6.07) is 16.4. The van der Waals surface area contributed by atoms with Crippen molar-refractivity contribution in [1.29, 1.82) is 0 Å². The van der Waals surface area contributed by atoms with Gasteiger partial charge in [-0.3, -0.25) is 4.90 Å². The van der Waals surface area contributed by atoms with Crippen LogP contribution in [-0.2, 0) is 6.42 Å². The molecule has 27 heavy (non-hydrogen) atoms. The number of benzene rings is 2. The van der Waals surface area contributed by atoms with Gasteiger partial charge in [-0.2, -0.15) is 0 Å². The monoisotopic (exact) mass is 362 g/mol. The van der Waals surface area contributed by atoms with Crippen molar-refractivity contribution < 1.29 is 4.79 Å². The van der Waals surface area contributed by atoms with E-state index in [4.69, 9.17) is 0 Å². The van der Waals surface area contributed by atoms with E-state index in [0.717, 1.165) is 44.8 Å². The Bertz CT molecular complexity index is 907. The molecule has 0 unspecified atom stereocenters. The van der Waals surface area contributed by atoms with Crippen LogP contribution in [0, 0.1) is 6.92 Å². The van der Waals surface area contributed by atoms with E-state index in [-0.39, 0.29) is 6.03 Å². The van der Waals surface area contributed by atoms with E-state index in [1.165, 1.54) is 22.0 Å². The lowest BCUT2D eigenvalue weighted by Crippen LogP contribution is -2.50. The molecule has 0 atom stereocenters. The number of amides is 2. The number of aromatic amines is 1. The van der Waals surface area contributed by atoms with Gasteiger partial charge in [0.25, 0.3) is 0 Å². The Hall–Kier alpha value is -2.79. The smallest absolute Gasteiger partial charge is 0.321 e. The number of hydrogen-bond acceptors (Lipinski definition) is 2. The van der Waals surface area contributed by atoms with Crippen LogP contribution in [0.2, 0.25) is 0 Å². The molecule has 1 fully saturated rings. The fourth-order valence-electron chi connectivity index (χ4n) is 3.63. The van der Waals surface area contributed by atoms with E-state index in [2.05, 4.69) is 45.7 Å². The number of aromatic nitrogens is 1. The maximum absolute atomic E-state index is 12.4. The van der Waals surface area contributed by atoms with Gasteiger partial charge in [-0.1, -0.05) is 35.9 Å². The highest BCUT2D eigenvalue weighted by atomic mass is 16.2. The molecule has 5 nitrogen and oxygen atoms in total. The molecule has 1 aliphatic rings. The fourth-order valence-corrected chi connectivity index (χ4v) is 3.63. The Labute approximate surface area is 160 Å². The van der Waals surface area contributed by atoms with Crippen LogP contribution in [-0.4, -0.2) is 53.5 Å². The van der Waals surface area contributed by atoms with Crippen molar-refractivity contribution in [2.24, 2.45) is 0 Å². The van der Waals surface area contributed by atoms with Crippen LogP contribution < -0.4 is 5.32 Å². The second-order valence-electron chi connectivity index (χ2n) is 7.23. The Morgan fingerprint density at radius 3 is 2.56 bits per heavy atom. The normalized spacial score (nSPS) is 15.2. The minimum absolute atomic E-state index is 0.00451. The average Bonchev–Trinajstić information content (AvgIpc) is 3.12. The molecule has 5 heteroatoms. The molecular formula is C22H26N4O. The highest BCUT2D eigenvalue weighted by Gasteiger charge is 2.21. The number of carbonyl (C=O) groups excluding carboxylic acids is 1. The van der Waals surface area contributed by atoms with Crippen molar-refractivity contribution >= 4 is 22.6 Å². The van der Waals surface area contributed by atoms with E-state index in [1.54, 1.807) is 0 Å². The van der Waals surface area contributed by atoms with Gasteiger partial charge >= 0.3 is 6.03 Å². The summed E-state index contributed by atoms with van der Waals surface area (Å²) in [4.78, 5) is 20.1. The second kappa shape index (κ2) is 7.84. The molecule has 0 bridgehead atoms. The number of piperazine rings is 1. The van der Waals surface area contributed by atoms with Crippen molar-refractivity contribution in [2.75, 3.05) is 38.0 Å². The average molecular weight is 362 g/mol. The number of hydrogen-bond donors (Lipinski definition) is 2. The summed E-state index contributed by atoms with van der Waals surface area (Å²) in [6.45, 7) is 6.45. The minimum atomic E-state index is -0.00451. The van der Waals surface area contributed by atoms with Crippen LogP contribution >= 0.6 is 0 Å². The molecule has 0 saturated carbocycles. The number of nitrogens with zero attached hydrogens (tertiary/aromatic N) is 2. The Kier molecular flexibility index (Phi) is 5.12. The van der Waals surface area contributed by atoms with Crippen molar-refractivity contribution in [1.82, 2.24) is 14.8 Å². The SMILES string of the molecule is Cc1ccc(NC(=O)N2CCN(CCc3c[nH]c4ccccc34)CC2)cc1. The molecule has 1 aromatic heterocycles. The first-order valence-corrected chi connectivity index (χ1v) is 9.59. The van der Waals surface area contributed by atoms with Gasteiger partial charge in [0, 0.05) is 55.5 Å². The minimum Gasteiger partial charge on any atom is -0.361 e. The predicted molar refractivity (Wildman–Crippen MR) is 110 cm³/mol. The number of H-pyrrole nitrogens is 1. The zero-order valence-corrected chi connectivity index (χ0v) is 15.7. The highest BCUT2D eigenvalue weighted by molar-refractivity contribution is 5.89. The number of para-hydroxylation sites is 1. The summed E-state index contributed by atoms with van der Waals surface area (Å²) in [6.07, 6.45) is 3.15. The maximum Gasteiger partial charge on any atom is 0.321 e. The molecule has 0 spiro atoms. The van der Waals surface area contributed by atoms with Gasteiger partial charge < -0.3 is 15.2 Å². The quantitative estimate of drug-likeness (QED) is 0.740. The van der Waals surface area contributed by atoms with Crippen molar-refractivity contribution in [2.45, 2.75) is 13.3 Å². The maximum atomic E-state index is 12.4. The summed E-state index contributed by atoms with van der Waals surface area (Å²) >= 11 is 0. The Balaban J connectivity index is 1.26. The van der Waals surface area contributed by atoms with Crippen LogP contribution in [0.1, 0.15) is 11.1 Å². The first-order valence-electron chi connectivity index (χ1n) is 9.59. The molecule has 1 saturated heterocycles. The zero-order valence-electron chi connectivity index (χ0n) is 15.7. The standard InChI is InChI=1S/C22H26N4O/c1-17-6-8-19(9-7-17)24-22(27)26-14-12-25(13-15-26)11-10-18-16-23-21-5-3-2-4-20(18)21/h2-9,16,23H,10-15H2,1H3,(H,24,27). The van der Waals surface area contributed by atoms with Crippen molar-refractivity contribution in [3.63, 3.8) is 0 Å². The van der Waals surface area contributed by atoms with Gasteiger partial charge in [0.15, 0.2) is 0 Å². The Morgan fingerprint density at radius 1 is 1.04 bits per heavy atom. The fraction of sp³-hybridized carbons (Fsp3) is 0.318. The molecular weight excluding hydrogens is 336 g/mol. The molecule has 2 heterocycles. The van der Waals surface area contributed by atoms with Crippen molar-refractivity contribution in [3.8, 4) is 0 Å². The molecule has 2 aromatic carbocycles. The topological polar surface area (TPSA) is 51.4 Å². The first-order chi connectivity index (χ1) is 13.2. The predicted octanol–water partition coefficient (Wildman–Crippen LogP) is 3.87. The van der Waals surface area contributed by atoms with Crippen LogP contribution in [0.15, 0.2) is 54.7 Å². The third-order valence-corrected chi connectivity index (χ3v) is 5.33. The number of carbonyl (C=O) groups is 1. The van der Waals surface area contributed by atoms with Gasteiger partial charge in [-0.05, 0) is 37.1 Å². The lowest BCUT2D eigenvalue weighted by atomic mass is 10.1. The lowest BCUT2D eigenvalue weighted by molar-refractivity contribution is 0.148. The largest absolute Gasteiger partial charge is 0.361 e. The van der Waals surface area contributed by atoms with Gasteiger partial charge in [0.2, 0.25) is 0 Å². The number of fused-ring (bicyclic) bond motifs is 1. The Morgan fingerprint density at radius 2 is 1.78 bits per heavy atom. The van der Waals surface area contributed by atoms with Gasteiger partial charge in [-0.15, -0.1) is 0 Å². The summed E-state index contributed by atoms with van der Waals surface area (Å²) in [7, 11) is 0. The van der Waals surface area contributed by atoms with Crippen LogP contribution in [0.25, 0.3) is 10.9 Å². The third kappa shape index (κ3) is 4.14. The number of aryl methyl sites for hydroxylation is 1. The zero-order chi connectivity index (χ0) is 18.6. The lowest BCUT2D eigenvalue weighted by Gasteiger charge is -2.34. The number of anilines is 1. The number of rotatable bonds is 4. The molecule has 4 rings (SSSR count). The summed E-state index contributed by atoms with van der Waals surface area (Å²) in [5.74, 6) is 0. The van der Waals surface area contributed by atoms with E-state index in [1.807, 2.05) is 36.1 Å². The highest BCUT2D eigenvalue weighted by Crippen LogP contribution is 2.18. The summed E-state index contributed by atoms with van der Waals surface area (Å²) in [5, 5.41) is 4.31. The van der Waals surface area contributed by atoms with E-state index >= 15 is 0 Å². The van der Waals surface area contributed by atoms with Crippen LogP contribution in [0.4, 0.5) is 10.5 Å². The molecule has 2 N–H and O–H groups in total. The molecule has 1 aliphatic heterocycles. The van der Waals surface area contributed by atoms with E-state index in [0.29, 0.717) is 0 Å². The number of nitrogens with one attached hydrogen (secondary N) is 2. The summed E-state index contributed by atoms with van der Waals surface area (Å²) in [5.41, 5.74) is 4.61. The van der Waals surface area contributed by atoms with Crippen molar-refractivity contribution in [3.05, 3.63) is 65.9 Å². The van der Waals surface area contributed by atoms with Gasteiger partial charge in [0.1, 0.15) is 0 Å².